The highest BCUT2D eigenvalue weighted by atomic mass is 16.5. The van der Waals surface area contributed by atoms with E-state index in [4.69, 9.17) is 4.74 Å². The van der Waals surface area contributed by atoms with Crippen LogP contribution in [0.3, 0.4) is 0 Å². The predicted octanol–water partition coefficient (Wildman–Crippen LogP) is 2.02. The number of aromatic nitrogens is 2. The third-order valence-corrected chi connectivity index (χ3v) is 2.82. The highest BCUT2D eigenvalue weighted by molar-refractivity contribution is 5.54. The molecule has 2 aromatic rings. The molecule has 0 saturated carbocycles. The van der Waals surface area contributed by atoms with E-state index in [0.29, 0.717) is 0 Å². The van der Waals surface area contributed by atoms with E-state index in [1.165, 1.54) is 5.56 Å². The van der Waals surface area contributed by atoms with Crippen LogP contribution >= 0.6 is 0 Å². The molecule has 1 unspecified atom stereocenters. The van der Waals surface area contributed by atoms with Gasteiger partial charge in [0, 0.05) is 31.0 Å². The molecule has 1 N–H and O–H groups in total. The normalized spacial score (nSPS) is 13.1. The highest BCUT2D eigenvalue weighted by Gasteiger charge is 2.10. The number of ether oxygens (including phenoxy) is 1. The largest absolute Gasteiger partial charge is 0.380 e. The molecule has 2 aromatic heterocycles. The zero-order valence-corrected chi connectivity index (χ0v) is 10.4. The number of nitrogens with zero attached hydrogens (tertiary/aromatic N) is 2. The molecule has 2 heterocycles. The minimum Gasteiger partial charge on any atom is -0.380 e. The summed E-state index contributed by atoms with van der Waals surface area (Å²) in [6.45, 7) is 6.54. The Morgan fingerprint density at radius 2 is 2.35 bits per heavy atom. The SMILES string of the molecule is CCOCCNC(C)c1cnn2ccccc12. The van der Waals surface area contributed by atoms with Crippen LogP contribution in [0.4, 0.5) is 0 Å². The Balaban J connectivity index is 2.01. The fourth-order valence-electron chi connectivity index (χ4n) is 1.89. The van der Waals surface area contributed by atoms with Gasteiger partial charge in [-0.1, -0.05) is 6.07 Å². The van der Waals surface area contributed by atoms with Crippen molar-refractivity contribution in [3.05, 3.63) is 36.2 Å². The van der Waals surface area contributed by atoms with Crippen LogP contribution in [0.2, 0.25) is 0 Å². The molecule has 0 aliphatic heterocycles. The van der Waals surface area contributed by atoms with Crippen LogP contribution in [-0.4, -0.2) is 29.4 Å². The molecule has 1 atom stereocenters. The van der Waals surface area contributed by atoms with E-state index in [0.717, 1.165) is 25.3 Å². The molecular weight excluding hydrogens is 214 g/mol. The number of fused-ring (bicyclic) bond motifs is 1. The van der Waals surface area contributed by atoms with Crippen LogP contribution in [0.5, 0.6) is 0 Å². The monoisotopic (exact) mass is 233 g/mol. The fourth-order valence-corrected chi connectivity index (χ4v) is 1.89. The molecule has 0 aliphatic rings. The Morgan fingerprint density at radius 3 is 3.18 bits per heavy atom. The van der Waals surface area contributed by atoms with E-state index in [1.54, 1.807) is 0 Å². The zero-order chi connectivity index (χ0) is 12.1. The minimum atomic E-state index is 0.287. The lowest BCUT2D eigenvalue weighted by Gasteiger charge is -2.12. The maximum Gasteiger partial charge on any atom is 0.0709 e. The van der Waals surface area contributed by atoms with Crippen LogP contribution < -0.4 is 5.32 Å². The Morgan fingerprint density at radius 1 is 1.47 bits per heavy atom. The van der Waals surface area contributed by atoms with Crippen LogP contribution in [0.15, 0.2) is 30.6 Å². The third-order valence-electron chi connectivity index (χ3n) is 2.82. The second-order valence-corrected chi connectivity index (χ2v) is 4.00. The summed E-state index contributed by atoms with van der Waals surface area (Å²) in [5.74, 6) is 0. The summed E-state index contributed by atoms with van der Waals surface area (Å²) in [7, 11) is 0. The lowest BCUT2D eigenvalue weighted by atomic mass is 10.1. The molecule has 0 fully saturated rings. The number of nitrogens with one attached hydrogen (secondary N) is 1. The van der Waals surface area contributed by atoms with Gasteiger partial charge in [0.05, 0.1) is 18.3 Å². The van der Waals surface area contributed by atoms with Gasteiger partial charge < -0.3 is 10.1 Å². The quantitative estimate of drug-likeness (QED) is 0.776. The van der Waals surface area contributed by atoms with Crippen molar-refractivity contribution in [2.75, 3.05) is 19.8 Å². The maximum atomic E-state index is 5.31. The summed E-state index contributed by atoms with van der Waals surface area (Å²) in [4.78, 5) is 0. The summed E-state index contributed by atoms with van der Waals surface area (Å²) < 4.78 is 7.20. The molecule has 17 heavy (non-hydrogen) atoms. The molecule has 0 aromatic carbocycles. The van der Waals surface area contributed by atoms with Crippen LogP contribution in [0, 0.1) is 0 Å². The van der Waals surface area contributed by atoms with Crippen molar-refractivity contribution in [3.63, 3.8) is 0 Å². The zero-order valence-electron chi connectivity index (χ0n) is 10.4. The fraction of sp³-hybridized carbons (Fsp3) is 0.462. The first-order valence-corrected chi connectivity index (χ1v) is 6.06. The first kappa shape index (κ1) is 12.1. The number of hydrogen-bond donors (Lipinski definition) is 1. The molecule has 0 radical (unpaired) electrons. The molecule has 0 spiro atoms. The van der Waals surface area contributed by atoms with E-state index < -0.39 is 0 Å². The van der Waals surface area contributed by atoms with Gasteiger partial charge in [-0.25, -0.2) is 4.52 Å². The van der Waals surface area contributed by atoms with Gasteiger partial charge in [0.2, 0.25) is 0 Å². The van der Waals surface area contributed by atoms with E-state index in [2.05, 4.69) is 23.4 Å². The number of rotatable bonds is 6. The van der Waals surface area contributed by atoms with Gasteiger partial charge in [-0.3, -0.25) is 0 Å². The van der Waals surface area contributed by atoms with E-state index in [1.807, 2.05) is 36.0 Å². The van der Waals surface area contributed by atoms with Crippen LogP contribution in [0.1, 0.15) is 25.5 Å². The van der Waals surface area contributed by atoms with Crippen molar-refractivity contribution in [1.29, 1.82) is 0 Å². The van der Waals surface area contributed by atoms with Crippen molar-refractivity contribution in [3.8, 4) is 0 Å². The standard InChI is InChI=1S/C13H19N3O/c1-3-17-9-7-14-11(2)12-10-15-16-8-5-4-6-13(12)16/h4-6,8,10-11,14H,3,7,9H2,1-2H3. The van der Waals surface area contributed by atoms with Gasteiger partial charge in [-0.05, 0) is 26.0 Å². The summed E-state index contributed by atoms with van der Waals surface area (Å²) in [5.41, 5.74) is 2.38. The van der Waals surface area contributed by atoms with Crippen molar-refractivity contribution >= 4 is 5.52 Å². The molecule has 0 aliphatic carbocycles. The lowest BCUT2D eigenvalue weighted by Crippen LogP contribution is -2.23. The average Bonchev–Trinajstić information content (AvgIpc) is 2.78. The van der Waals surface area contributed by atoms with E-state index in [9.17, 15) is 0 Å². The molecule has 4 heteroatoms. The molecule has 4 nitrogen and oxygen atoms in total. The lowest BCUT2D eigenvalue weighted by molar-refractivity contribution is 0.147. The first-order chi connectivity index (χ1) is 8.33. The van der Waals surface area contributed by atoms with Crippen molar-refractivity contribution in [1.82, 2.24) is 14.9 Å². The van der Waals surface area contributed by atoms with E-state index in [-0.39, 0.29) is 6.04 Å². The Kier molecular flexibility index (Phi) is 4.12. The van der Waals surface area contributed by atoms with Gasteiger partial charge in [0.25, 0.3) is 0 Å². The van der Waals surface area contributed by atoms with Gasteiger partial charge >= 0.3 is 0 Å². The van der Waals surface area contributed by atoms with Crippen molar-refractivity contribution < 1.29 is 4.74 Å². The number of pyridine rings is 1. The second-order valence-electron chi connectivity index (χ2n) is 4.00. The van der Waals surface area contributed by atoms with Gasteiger partial charge in [-0.2, -0.15) is 5.10 Å². The summed E-state index contributed by atoms with van der Waals surface area (Å²) in [5, 5.41) is 7.76. The Hall–Kier alpha value is -1.39. The second kappa shape index (κ2) is 5.80. The highest BCUT2D eigenvalue weighted by Crippen LogP contribution is 2.17. The van der Waals surface area contributed by atoms with Crippen molar-refractivity contribution in [2.45, 2.75) is 19.9 Å². The number of hydrogen-bond acceptors (Lipinski definition) is 3. The van der Waals surface area contributed by atoms with Crippen LogP contribution in [0.25, 0.3) is 5.52 Å². The molecule has 92 valence electrons. The van der Waals surface area contributed by atoms with Crippen LogP contribution in [-0.2, 0) is 4.74 Å². The third kappa shape index (κ3) is 2.84. The summed E-state index contributed by atoms with van der Waals surface area (Å²) >= 11 is 0. The molecule has 2 rings (SSSR count). The van der Waals surface area contributed by atoms with Gasteiger partial charge in [0.1, 0.15) is 0 Å². The molecule has 0 amide bonds. The first-order valence-electron chi connectivity index (χ1n) is 6.06. The molecule has 0 bridgehead atoms. The topological polar surface area (TPSA) is 38.6 Å². The molecule has 0 saturated heterocycles. The molecular formula is C13H19N3O. The smallest absolute Gasteiger partial charge is 0.0709 e. The maximum absolute atomic E-state index is 5.31. The minimum absolute atomic E-state index is 0.287. The van der Waals surface area contributed by atoms with Crippen molar-refractivity contribution in [2.24, 2.45) is 0 Å². The predicted molar refractivity (Wildman–Crippen MR) is 68.1 cm³/mol. The average molecular weight is 233 g/mol. The van der Waals surface area contributed by atoms with Gasteiger partial charge in [-0.15, -0.1) is 0 Å². The van der Waals surface area contributed by atoms with E-state index >= 15 is 0 Å². The Bertz CT molecular complexity index is 466. The summed E-state index contributed by atoms with van der Waals surface area (Å²) in [6.07, 6.45) is 3.89. The summed E-state index contributed by atoms with van der Waals surface area (Å²) in [6, 6.07) is 6.39. The van der Waals surface area contributed by atoms with Gasteiger partial charge in [0.15, 0.2) is 0 Å². The Labute approximate surface area is 102 Å².